The zero-order chi connectivity index (χ0) is 14.0. The van der Waals surface area contributed by atoms with Gasteiger partial charge < -0.3 is 14.4 Å². The summed E-state index contributed by atoms with van der Waals surface area (Å²) in [6.45, 7) is 2.60. The second-order valence-corrected chi connectivity index (χ2v) is 4.25. The van der Waals surface area contributed by atoms with E-state index in [4.69, 9.17) is 9.84 Å². The normalized spacial score (nSPS) is 19.1. The Morgan fingerprint density at radius 3 is 2.84 bits per heavy atom. The maximum Gasteiger partial charge on any atom is 0.364 e. The third-order valence-electron chi connectivity index (χ3n) is 2.97. The smallest absolute Gasteiger partial charge is 0.364 e. The van der Waals surface area contributed by atoms with Gasteiger partial charge >= 0.3 is 5.97 Å². The lowest BCUT2D eigenvalue weighted by atomic mass is 10.2. The molecule has 1 aliphatic heterocycles. The quantitative estimate of drug-likeness (QED) is 0.640. The van der Waals surface area contributed by atoms with E-state index < -0.39 is 11.8 Å². The molecule has 102 valence electrons. The summed E-state index contributed by atoms with van der Waals surface area (Å²) in [4.78, 5) is 25.5. The predicted molar refractivity (Wildman–Crippen MR) is 63.4 cm³/mol. The topological polar surface area (TPSA) is 81.4 Å². The van der Waals surface area contributed by atoms with E-state index in [0.29, 0.717) is 25.1 Å². The number of aryl methyl sites for hydroxylation is 1. The zero-order valence-corrected chi connectivity index (χ0v) is 10.3. The Balaban J connectivity index is 2.39. The molecule has 0 aliphatic carbocycles. The number of carbonyl (C=O) groups excluding carboxylic acids is 1. The Morgan fingerprint density at radius 2 is 2.37 bits per heavy atom. The van der Waals surface area contributed by atoms with E-state index in [1.165, 1.54) is 4.57 Å². The van der Waals surface area contributed by atoms with Crippen LogP contribution in [-0.4, -0.2) is 39.6 Å². The van der Waals surface area contributed by atoms with Crippen molar-refractivity contribution in [2.45, 2.75) is 26.0 Å². The van der Waals surface area contributed by atoms with Gasteiger partial charge in [0.05, 0.1) is 24.0 Å². The molecule has 1 fully saturated rings. The number of carbonyl (C=O) groups is 2. The molecule has 0 aromatic carbocycles. The zero-order valence-electron chi connectivity index (χ0n) is 10.3. The number of aromatic nitrogens is 2. The van der Waals surface area contributed by atoms with Gasteiger partial charge in [-0.1, -0.05) is 0 Å². The summed E-state index contributed by atoms with van der Waals surface area (Å²) >= 11 is 0. The van der Waals surface area contributed by atoms with Crippen LogP contribution in [0.1, 0.15) is 28.4 Å². The highest BCUT2D eigenvalue weighted by Gasteiger charge is 2.23. The number of hydrogen-bond acceptors (Lipinski definition) is 4. The lowest BCUT2D eigenvalue weighted by Gasteiger charge is -2.27. The first-order valence-corrected chi connectivity index (χ1v) is 5.77. The number of carboxylic acid groups (broad SMARTS) is 1. The van der Waals surface area contributed by atoms with Gasteiger partial charge in [-0.3, -0.25) is 4.79 Å². The first-order valence-electron chi connectivity index (χ1n) is 5.77. The predicted octanol–water partition coefficient (Wildman–Crippen LogP) is 1.19. The second-order valence-electron chi connectivity index (χ2n) is 4.25. The molecular formula is C12H13FN2O4. The van der Waals surface area contributed by atoms with Crippen molar-refractivity contribution in [2.24, 2.45) is 0 Å². The number of carboxylic acids is 1. The van der Waals surface area contributed by atoms with Crippen LogP contribution in [0.4, 0.5) is 4.39 Å². The lowest BCUT2D eigenvalue weighted by Crippen LogP contribution is -2.32. The summed E-state index contributed by atoms with van der Waals surface area (Å²) < 4.78 is 20.0. The largest absolute Gasteiger partial charge is 0.476 e. The average Bonchev–Trinajstić information content (AvgIpc) is 2.60. The number of imidazole rings is 1. The van der Waals surface area contributed by atoms with E-state index >= 15 is 0 Å². The molecule has 1 aliphatic rings. The average molecular weight is 268 g/mol. The number of nitrogens with zero attached hydrogens (tertiary/aromatic N) is 2. The van der Waals surface area contributed by atoms with E-state index in [2.05, 4.69) is 4.98 Å². The van der Waals surface area contributed by atoms with Gasteiger partial charge in [0, 0.05) is 12.7 Å². The van der Waals surface area contributed by atoms with Gasteiger partial charge in [-0.05, 0) is 13.3 Å². The highest BCUT2D eigenvalue weighted by Crippen LogP contribution is 2.20. The van der Waals surface area contributed by atoms with Crippen LogP contribution < -0.4 is 0 Å². The van der Waals surface area contributed by atoms with Gasteiger partial charge in [0.15, 0.2) is 12.1 Å². The van der Waals surface area contributed by atoms with Crippen LogP contribution in [0.15, 0.2) is 5.83 Å². The molecule has 0 radical (unpaired) electrons. The molecule has 7 heteroatoms. The first-order chi connectivity index (χ1) is 9.02. The molecule has 1 N–H and O–H groups in total. The maximum atomic E-state index is 13.2. The van der Waals surface area contributed by atoms with E-state index in [-0.39, 0.29) is 17.6 Å². The Bertz CT molecular complexity index is 546. The molecule has 1 saturated heterocycles. The van der Waals surface area contributed by atoms with Crippen LogP contribution in [0.25, 0.3) is 6.08 Å². The standard InChI is InChI=1S/C12H13FN2O4/c1-7-10(4-9(13)12(17)18)15(11(6-16)14-7)5-8-2-3-19-8/h4,6,8H,2-3,5H2,1H3,(H,17,18)/b9-4+/t8-/m0/s1. The van der Waals surface area contributed by atoms with Crippen LogP contribution >= 0.6 is 0 Å². The van der Waals surface area contributed by atoms with Crippen molar-refractivity contribution in [2.75, 3.05) is 6.61 Å². The van der Waals surface area contributed by atoms with Crippen molar-refractivity contribution < 1.29 is 23.8 Å². The van der Waals surface area contributed by atoms with Crippen molar-refractivity contribution in [1.82, 2.24) is 9.55 Å². The molecule has 0 saturated carbocycles. The minimum Gasteiger partial charge on any atom is -0.476 e. The summed E-state index contributed by atoms with van der Waals surface area (Å²) in [6.07, 6.45) is 2.23. The van der Waals surface area contributed by atoms with E-state index in [1.54, 1.807) is 6.92 Å². The molecule has 19 heavy (non-hydrogen) atoms. The molecular weight excluding hydrogens is 255 g/mol. The fraction of sp³-hybridized carbons (Fsp3) is 0.417. The fourth-order valence-electron chi connectivity index (χ4n) is 1.89. The molecule has 1 atom stereocenters. The summed E-state index contributed by atoms with van der Waals surface area (Å²) in [5.41, 5.74) is 0.676. The van der Waals surface area contributed by atoms with Crippen molar-refractivity contribution in [3.63, 3.8) is 0 Å². The van der Waals surface area contributed by atoms with Crippen LogP contribution in [0.5, 0.6) is 0 Å². The van der Waals surface area contributed by atoms with Crippen molar-refractivity contribution in [3.05, 3.63) is 23.0 Å². The number of hydrogen-bond donors (Lipinski definition) is 1. The van der Waals surface area contributed by atoms with Crippen LogP contribution in [0, 0.1) is 6.92 Å². The van der Waals surface area contributed by atoms with E-state index in [0.717, 1.165) is 12.5 Å². The van der Waals surface area contributed by atoms with Crippen LogP contribution in [0.3, 0.4) is 0 Å². The fourth-order valence-corrected chi connectivity index (χ4v) is 1.89. The molecule has 2 heterocycles. The van der Waals surface area contributed by atoms with Gasteiger partial charge in [-0.25, -0.2) is 9.78 Å². The van der Waals surface area contributed by atoms with Gasteiger partial charge in [-0.2, -0.15) is 4.39 Å². The van der Waals surface area contributed by atoms with Gasteiger partial charge in [0.25, 0.3) is 0 Å². The third-order valence-corrected chi connectivity index (χ3v) is 2.97. The second kappa shape index (κ2) is 5.31. The molecule has 6 nitrogen and oxygen atoms in total. The summed E-state index contributed by atoms with van der Waals surface area (Å²) in [6, 6.07) is 0. The van der Waals surface area contributed by atoms with Gasteiger partial charge in [-0.15, -0.1) is 0 Å². The Kier molecular flexibility index (Phi) is 3.75. The minimum absolute atomic E-state index is 0.0488. The number of rotatable bonds is 5. The number of aliphatic carboxylic acids is 1. The minimum atomic E-state index is -1.65. The first kappa shape index (κ1) is 13.4. The van der Waals surface area contributed by atoms with Crippen molar-refractivity contribution in [3.8, 4) is 0 Å². The van der Waals surface area contributed by atoms with Crippen LogP contribution in [-0.2, 0) is 16.1 Å². The van der Waals surface area contributed by atoms with Crippen molar-refractivity contribution >= 4 is 18.3 Å². The molecule has 0 spiro atoms. The highest BCUT2D eigenvalue weighted by atomic mass is 19.1. The van der Waals surface area contributed by atoms with Gasteiger partial charge in [0.1, 0.15) is 0 Å². The highest BCUT2D eigenvalue weighted by molar-refractivity contribution is 5.89. The molecule has 2 rings (SSSR count). The van der Waals surface area contributed by atoms with Crippen LogP contribution in [0.2, 0.25) is 0 Å². The Morgan fingerprint density at radius 1 is 1.68 bits per heavy atom. The van der Waals surface area contributed by atoms with Gasteiger partial charge in [0.2, 0.25) is 5.83 Å². The molecule has 0 bridgehead atoms. The maximum absolute atomic E-state index is 13.2. The summed E-state index contributed by atoms with van der Waals surface area (Å²) in [5.74, 6) is -2.81. The molecule has 1 aromatic heterocycles. The monoisotopic (exact) mass is 268 g/mol. The molecule has 1 aromatic rings. The molecule has 0 unspecified atom stereocenters. The summed E-state index contributed by atoms with van der Waals surface area (Å²) in [7, 11) is 0. The number of aldehydes is 1. The Hall–Kier alpha value is -2.02. The van der Waals surface area contributed by atoms with Crippen molar-refractivity contribution in [1.29, 1.82) is 0 Å². The number of halogens is 1. The van der Waals surface area contributed by atoms with E-state index in [1.807, 2.05) is 0 Å². The Labute approximate surface area is 108 Å². The lowest BCUT2D eigenvalue weighted by molar-refractivity contribution is -0.134. The SMILES string of the molecule is Cc1nc(C=O)n(C[C@@H]2CCO2)c1/C=C(/F)C(=O)O. The third kappa shape index (κ3) is 2.70. The molecule has 0 amide bonds. The summed E-state index contributed by atoms with van der Waals surface area (Å²) in [5, 5.41) is 8.56. The van der Waals surface area contributed by atoms with E-state index in [9.17, 15) is 14.0 Å². The number of ether oxygens (including phenoxy) is 1.